The number of allylic oxidation sites excluding steroid dienone is 1. The zero-order valence-corrected chi connectivity index (χ0v) is 11.6. The lowest BCUT2D eigenvalue weighted by Crippen LogP contribution is -2.30. The highest BCUT2D eigenvalue weighted by Gasteiger charge is 2.07. The van der Waals surface area contributed by atoms with E-state index in [9.17, 15) is 0 Å². The molecule has 0 aliphatic carbocycles. The van der Waals surface area contributed by atoms with E-state index in [4.69, 9.17) is 0 Å². The summed E-state index contributed by atoms with van der Waals surface area (Å²) >= 11 is 0. The molecule has 0 bridgehead atoms. The number of hydrogen-bond acceptors (Lipinski definition) is 3. The summed E-state index contributed by atoms with van der Waals surface area (Å²) in [5.41, 5.74) is 2.23. The van der Waals surface area contributed by atoms with E-state index >= 15 is 0 Å². The van der Waals surface area contributed by atoms with Gasteiger partial charge in [0.25, 0.3) is 0 Å². The van der Waals surface area contributed by atoms with Gasteiger partial charge in [0.1, 0.15) is 0 Å². The molecule has 3 nitrogen and oxygen atoms in total. The van der Waals surface area contributed by atoms with E-state index in [0.29, 0.717) is 0 Å². The Morgan fingerprint density at radius 2 is 2.28 bits per heavy atom. The van der Waals surface area contributed by atoms with Crippen LogP contribution in [0.5, 0.6) is 0 Å². The zero-order chi connectivity index (χ0) is 13.2. The standard InChI is InChI=1S/C15H23N3/c1-4-8-14(16-3)12-18(11-5-2)13-15-9-6-7-10-17-15/h4,6-10H,5,11-13H2,1-3H3/b8-4-,16-14?. The second kappa shape index (κ2) is 8.59. The van der Waals surface area contributed by atoms with Crippen molar-refractivity contribution in [1.29, 1.82) is 0 Å². The summed E-state index contributed by atoms with van der Waals surface area (Å²) in [7, 11) is 1.85. The van der Waals surface area contributed by atoms with E-state index in [-0.39, 0.29) is 0 Å². The van der Waals surface area contributed by atoms with Crippen LogP contribution < -0.4 is 0 Å². The molecule has 0 saturated carbocycles. The topological polar surface area (TPSA) is 28.5 Å². The first-order valence-electron chi connectivity index (χ1n) is 6.50. The summed E-state index contributed by atoms with van der Waals surface area (Å²) in [6.07, 6.45) is 7.09. The minimum atomic E-state index is 0.880. The van der Waals surface area contributed by atoms with Crippen molar-refractivity contribution in [3.05, 3.63) is 42.2 Å². The van der Waals surface area contributed by atoms with Gasteiger partial charge in [0, 0.05) is 32.0 Å². The predicted molar refractivity (Wildman–Crippen MR) is 78.0 cm³/mol. The molecule has 0 spiro atoms. The summed E-state index contributed by atoms with van der Waals surface area (Å²) in [6, 6.07) is 6.06. The van der Waals surface area contributed by atoms with Crippen molar-refractivity contribution >= 4 is 5.71 Å². The van der Waals surface area contributed by atoms with Gasteiger partial charge in [-0.3, -0.25) is 14.9 Å². The van der Waals surface area contributed by atoms with E-state index in [2.05, 4.69) is 33.9 Å². The molecule has 1 rings (SSSR count). The minimum Gasteiger partial charge on any atom is -0.292 e. The minimum absolute atomic E-state index is 0.880. The largest absolute Gasteiger partial charge is 0.292 e. The lowest BCUT2D eigenvalue weighted by atomic mass is 10.2. The fourth-order valence-corrected chi connectivity index (χ4v) is 1.87. The lowest BCUT2D eigenvalue weighted by Gasteiger charge is -2.21. The Hall–Kier alpha value is -1.48. The fraction of sp³-hybridized carbons (Fsp3) is 0.467. The Morgan fingerprint density at radius 3 is 2.83 bits per heavy atom. The quantitative estimate of drug-likeness (QED) is 0.691. The van der Waals surface area contributed by atoms with Crippen LogP contribution in [0.15, 0.2) is 41.5 Å². The van der Waals surface area contributed by atoms with E-state index in [1.807, 2.05) is 38.4 Å². The van der Waals surface area contributed by atoms with Gasteiger partial charge in [0.15, 0.2) is 0 Å². The van der Waals surface area contributed by atoms with Crippen LogP contribution in [0.4, 0.5) is 0 Å². The van der Waals surface area contributed by atoms with Crippen LogP contribution in [0.3, 0.4) is 0 Å². The Morgan fingerprint density at radius 1 is 1.44 bits per heavy atom. The van der Waals surface area contributed by atoms with Gasteiger partial charge in [-0.25, -0.2) is 0 Å². The molecule has 3 heteroatoms. The Kier molecular flexibility index (Phi) is 6.96. The summed E-state index contributed by atoms with van der Waals surface area (Å²) in [6.45, 7) is 7.04. The molecule has 1 aromatic heterocycles. The molecule has 0 atom stereocenters. The molecule has 0 N–H and O–H groups in total. The van der Waals surface area contributed by atoms with Crippen molar-refractivity contribution in [1.82, 2.24) is 9.88 Å². The monoisotopic (exact) mass is 245 g/mol. The number of aromatic nitrogens is 1. The predicted octanol–water partition coefficient (Wildman–Crippen LogP) is 2.94. The number of hydrogen-bond donors (Lipinski definition) is 0. The van der Waals surface area contributed by atoms with Crippen LogP contribution in [0.2, 0.25) is 0 Å². The molecular formula is C15H23N3. The molecule has 0 aliphatic rings. The molecular weight excluding hydrogens is 222 g/mol. The van der Waals surface area contributed by atoms with E-state index in [1.54, 1.807) is 0 Å². The molecule has 0 unspecified atom stereocenters. The average molecular weight is 245 g/mol. The van der Waals surface area contributed by atoms with Crippen LogP contribution in [0.25, 0.3) is 0 Å². The molecule has 0 aliphatic heterocycles. The Bertz CT molecular complexity index is 382. The third kappa shape index (κ3) is 5.23. The second-order valence-corrected chi connectivity index (χ2v) is 4.25. The van der Waals surface area contributed by atoms with Gasteiger partial charge in [-0.05, 0) is 38.1 Å². The van der Waals surface area contributed by atoms with Crippen molar-refractivity contribution in [3.63, 3.8) is 0 Å². The fourth-order valence-electron chi connectivity index (χ4n) is 1.87. The molecule has 98 valence electrons. The molecule has 0 fully saturated rings. The zero-order valence-electron chi connectivity index (χ0n) is 11.6. The maximum absolute atomic E-state index is 4.38. The first-order valence-corrected chi connectivity index (χ1v) is 6.50. The molecule has 1 heterocycles. The van der Waals surface area contributed by atoms with Crippen LogP contribution >= 0.6 is 0 Å². The Labute approximate surface area is 110 Å². The SMILES string of the molecule is C/C=C\C(CN(CCC)Cc1ccccn1)=NC. The van der Waals surface area contributed by atoms with Crippen molar-refractivity contribution < 1.29 is 0 Å². The second-order valence-electron chi connectivity index (χ2n) is 4.25. The smallest absolute Gasteiger partial charge is 0.0544 e. The Balaban J connectivity index is 2.65. The van der Waals surface area contributed by atoms with Crippen molar-refractivity contribution in [3.8, 4) is 0 Å². The molecule has 0 saturated heterocycles. The number of pyridine rings is 1. The van der Waals surface area contributed by atoms with Crippen LogP contribution in [-0.2, 0) is 6.54 Å². The van der Waals surface area contributed by atoms with Gasteiger partial charge in [-0.2, -0.15) is 0 Å². The highest BCUT2D eigenvalue weighted by molar-refractivity contribution is 5.96. The average Bonchev–Trinajstić information content (AvgIpc) is 2.39. The van der Waals surface area contributed by atoms with Crippen molar-refractivity contribution in [2.75, 3.05) is 20.1 Å². The van der Waals surface area contributed by atoms with Gasteiger partial charge in [0.2, 0.25) is 0 Å². The highest BCUT2D eigenvalue weighted by Crippen LogP contribution is 2.03. The van der Waals surface area contributed by atoms with Gasteiger partial charge >= 0.3 is 0 Å². The highest BCUT2D eigenvalue weighted by atomic mass is 15.1. The van der Waals surface area contributed by atoms with E-state index in [1.165, 1.54) is 0 Å². The number of nitrogens with zero attached hydrogens (tertiary/aromatic N) is 3. The number of aliphatic imine (C=N–C) groups is 1. The maximum Gasteiger partial charge on any atom is 0.0544 e. The molecule has 1 aromatic rings. The summed E-state index contributed by atoms with van der Waals surface area (Å²) < 4.78 is 0. The summed E-state index contributed by atoms with van der Waals surface area (Å²) in [4.78, 5) is 11.1. The summed E-state index contributed by atoms with van der Waals surface area (Å²) in [5.74, 6) is 0. The van der Waals surface area contributed by atoms with Crippen LogP contribution in [0.1, 0.15) is 26.0 Å². The third-order valence-corrected chi connectivity index (χ3v) is 2.68. The third-order valence-electron chi connectivity index (χ3n) is 2.68. The van der Waals surface area contributed by atoms with Gasteiger partial charge in [-0.15, -0.1) is 0 Å². The maximum atomic E-state index is 4.38. The summed E-state index contributed by atoms with van der Waals surface area (Å²) in [5, 5.41) is 0. The first-order chi connectivity index (χ1) is 8.80. The van der Waals surface area contributed by atoms with Gasteiger partial charge in [-0.1, -0.05) is 19.1 Å². The van der Waals surface area contributed by atoms with E-state index < -0.39 is 0 Å². The van der Waals surface area contributed by atoms with Crippen LogP contribution in [0, 0.1) is 0 Å². The van der Waals surface area contributed by atoms with Crippen LogP contribution in [-0.4, -0.2) is 35.7 Å². The molecule has 0 radical (unpaired) electrons. The lowest BCUT2D eigenvalue weighted by molar-refractivity contribution is 0.300. The van der Waals surface area contributed by atoms with Gasteiger partial charge < -0.3 is 0 Å². The van der Waals surface area contributed by atoms with Crippen molar-refractivity contribution in [2.45, 2.75) is 26.8 Å². The van der Waals surface area contributed by atoms with Gasteiger partial charge in [0.05, 0.1) is 5.69 Å². The normalized spacial score (nSPS) is 12.6. The first kappa shape index (κ1) is 14.6. The molecule has 0 aromatic carbocycles. The number of rotatable bonds is 7. The van der Waals surface area contributed by atoms with E-state index in [0.717, 1.165) is 37.5 Å². The molecule has 18 heavy (non-hydrogen) atoms. The van der Waals surface area contributed by atoms with Crippen molar-refractivity contribution in [2.24, 2.45) is 4.99 Å². The molecule has 0 amide bonds.